The van der Waals surface area contributed by atoms with E-state index in [-0.39, 0.29) is 5.89 Å². The Morgan fingerprint density at radius 2 is 2.05 bits per heavy atom. The lowest BCUT2D eigenvalue weighted by Crippen LogP contribution is -2.12. The van der Waals surface area contributed by atoms with Crippen molar-refractivity contribution in [3.8, 4) is 0 Å². The summed E-state index contributed by atoms with van der Waals surface area (Å²) < 4.78 is 29.9. The van der Waals surface area contributed by atoms with Crippen LogP contribution in [0.2, 0.25) is 0 Å². The van der Waals surface area contributed by atoms with Crippen LogP contribution in [0.15, 0.2) is 38.2 Å². The van der Waals surface area contributed by atoms with E-state index in [0.717, 1.165) is 9.37 Å². The molecule has 4 nitrogen and oxygen atoms in total. The molecule has 0 aliphatic rings. The zero-order valence-electron chi connectivity index (χ0n) is 10.1. The van der Waals surface area contributed by atoms with Crippen molar-refractivity contribution in [2.45, 2.75) is 23.5 Å². The van der Waals surface area contributed by atoms with E-state index in [0.29, 0.717) is 11.6 Å². The van der Waals surface area contributed by atoms with E-state index in [1.54, 1.807) is 0 Å². The van der Waals surface area contributed by atoms with Gasteiger partial charge in [-0.15, -0.1) is 11.8 Å². The third-order valence-electron chi connectivity index (χ3n) is 2.26. The van der Waals surface area contributed by atoms with Crippen LogP contribution in [-0.4, -0.2) is 22.3 Å². The molecule has 0 aliphatic carbocycles. The van der Waals surface area contributed by atoms with Crippen molar-refractivity contribution in [1.82, 2.24) is 10.1 Å². The van der Waals surface area contributed by atoms with Gasteiger partial charge >= 0.3 is 0 Å². The topological polar surface area (TPSA) is 56.0 Å². The number of aromatic nitrogens is 2. The van der Waals surface area contributed by atoms with Gasteiger partial charge in [0.25, 0.3) is 6.43 Å². The molecule has 0 unspecified atom stereocenters. The molecule has 8 heteroatoms. The number of nitrogens with zero attached hydrogens (tertiary/aromatic N) is 2. The smallest absolute Gasteiger partial charge is 0.296 e. The highest BCUT2D eigenvalue weighted by Crippen LogP contribution is 2.23. The fourth-order valence-corrected chi connectivity index (χ4v) is 2.33. The lowest BCUT2D eigenvalue weighted by atomic mass is 10.3. The van der Waals surface area contributed by atoms with E-state index in [1.807, 2.05) is 24.3 Å². The number of carbonyl (C=O) groups excluding carboxylic acids is 1. The molecule has 1 aromatic heterocycles. The first-order valence-electron chi connectivity index (χ1n) is 5.55. The molecule has 0 saturated heterocycles. The van der Waals surface area contributed by atoms with E-state index in [4.69, 9.17) is 4.52 Å². The van der Waals surface area contributed by atoms with Gasteiger partial charge < -0.3 is 4.52 Å². The van der Waals surface area contributed by atoms with Crippen LogP contribution in [-0.2, 0) is 17.0 Å². The molecule has 0 spiro atoms. The molecule has 0 aliphatic heterocycles. The molecule has 0 fully saturated rings. The summed E-state index contributed by atoms with van der Waals surface area (Å²) in [6.45, 7) is 0. The van der Waals surface area contributed by atoms with Crippen molar-refractivity contribution in [1.29, 1.82) is 0 Å². The predicted molar refractivity (Wildman–Crippen MR) is 72.7 cm³/mol. The van der Waals surface area contributed by atoms with E-state index in [9.17, 15) is 13.6 Å². The largest absolute Gasteiger partial charge is 0.339 e. The lowest BCUT2D eigenvalue weighted by Gasteiger charge is -1.97. The van der Waals surface area contributed by atoms with E-state index >= 15 is 0 Å². The molecular formula is C12H9BrF2N2O2S. The van der Waals surface area contributed by atoms with Crippen LogP contribution in [0, 0.1) is 0 Å². The summed E-state index contributed by atoms with van der Waals surface area (Å²) in [6.07, 6.45) is -3.55. The molecule has 2 rings (SSSR count). The highest BCUT2D eigenvalue weighted by atomic mass is 79.9. The summed E-state index contributed by atoms with van der Waals surface area (Å²) in [7, 11) is 0. The van der Waals surface area contributed by atoms with Crippen LogP contribution < -0.4 is 0 Å². The van der Waals surface area contributed by atoms with Gasteiger partial charge in [-0.2, -0.15) is 4.98 Å². The summed E-state index contributed by atoms with van der Waals surface area (Å²) in [5.41, 5.74) is 0. The molecular weight excluding hydrogens is 354 g/mol. The minimum atomic E-state index is -3.01. The summed E-state index contributed by atoms with van der Waals surface area (Å²) in [5, 5.41) is 3.65. The highest BCUT2D eigenvalue weighted by Gasteiger charge is 2.19. The van der Waals surface area contributed by atoms with Gasteiger partial charge in [0, 0.05) is 9.37 Å². The van der Waals surface area contributed by atoms with E-state index < -0.39 is 18.6 Å². The molecule has 1 heterocycles. The number of benzene rings is 1. The second kappa shape index (κ2) is 6.94. The van der Waals surface area contributed by atoms with Gasteiger partial charge in [-0.3, -0.25) is 4.79 Å². The van der Waals surface area contributed by atoms with Gasteiger partial charge in [-0.05, 0) is 24.3 Å². The van der Waals surface area contributed by atoms with Crippen LogP contribution >= 0.6 is 27.7 Å². The average molecular weight is 363 g/mol. The quantitative estimate of drug-likeness (QED) is 0.736. The van der Waals surface area contributed by atoms with E-state index in [1.165, 1.54) is 11.8 Å². The number of halogens is 3. The summed E-state index contributed by atoms with van der Waals surface area (Å²) in [6, 6.07) is 7.67. The van der Waals surface area contributed by atoms with Gasteiger partial charge in [0.1, 0.15) is 0 Å². The van der Waals surface area contributed by atoms with Crippen molar-refractivity contribution < 1.29 is 18.1 Å². The highest BCUT2D eigenvalue weighted by molar-refractivity contribution is 9.10. The van der Waals surface area contributed by atoms with Gasteiger partial charge in [0.15, 0.2) is 5.82 Å². The van der Waals surface area contributed by atoms with Crippen molar-refractivity contribution in [2.24, 2.45) is 0 Å². The van der Waals surface area contributed by atoms with Gasteiger partial charge in [0.05, 0.1) is 12.2 Å². The number of hydrogen-bond donors (Lipinski definition) is 0. The molecule has 106 valence electrons. The third-order valence-corrected chi connectivity index (χ3v) is 3.80. The molecule has 0 amide bonds. The maximum atomic E-state index is 12.1. The number of carbonyl (C=O) groups is 1. The number of rotatable bonds is 6. The van der Waals surface area contributed by atoms with E-state index in [2.05, 4.69) is 26.1 Å². The zero-order chi connectivity index (χ0) is 14.5. The number of thioether (sulfide) groups is 1. The first-order chi connectivity index (χ1) is 9.54. The van der Waals surface area contributed by atoms with Gasteiger partial charge in [-0.25, -0.2) is 8.78 Å². The molecule has 0 N–H and O–H groups in total. The first kappa shape index (κ1) is 15.1. The molecule has 0 bridgehead atoms. The van der Waals surface area contributed by atoms with Crippen LogP contribution in [0.4, 0.5) is 8.78 Å². The van der Waals surface area contributed by atoms with Crippen LogP contribution in [0.3, 0.4) is 0 Å². The Kier molecular flexibility index (Phi) is 5.24. The Hall–Kier alpha value is -1.28. The summed E-state index contributed by atoms with van der Waals surface area (Å²) in [4.78, 5) is 15.8. The second-order valence-electron chi connectivity index (χ2n) is 3.79. The number of alkyl halides is 2. The summed E-state index contributed by atoms with van der Waals surface area (Å²) in [5.74, 6) is -0.494. The van der Waals surface area contributed by atoms with Crippen molar-refractivity contribution in [3.05, 3.63) is 40.5 Å². The first-order valence-corrected chi connectivity index (χ1v) is 7.33. The molecule has 0 radical (unpaired) electrons. The van der Waals surface area contributed by atoms with Crippen LogP contribution in [0.1, 0.15) is 11.7 Å². The average Bonchev–Trinajstić information content (AvgIpc) is 2.85. The molecule has 0 atom stereocenters. The normalized spacial score (nSPS) is 11.0. The minimum absolute atomic E-state index is 0.0818. The van der Waals surface area contributed by atoms with Gasteiger partial charge in [0.2, 0.25) is 11.7 Å². The Bertz CT molecular complexity index is 589. The Balaban J connectivity index is 1.89. The lowest BCUT2D eigenvalue weighted by molar-refractivity contribution is -0.129. The van der Waals surface area contributed by atoms with Crippen molar-refractivity contribution in [3.63, 3.8) is 0 Å². The maximum Gasteiger partial charge on any atom is 0.296 e. The maximum absolute atomic E-state index is 12.1. The molecule has 0 saturated carbocycles. The Morgan fingerprint density at radius 3 is 2.70 bits per heavy atom. The zero-order valence-corrected chi connectivity index (χ0v) is 12.5. The van der Waals surface area contributed by atoms with Crippen molar-refractivity contribution >= 4 is 33.5 Å². The Morgan fingerprint density at radius 1 is 1.35 bits per heavy atom. The fraction of sp³-hybridized carbons (Fsp3) is 0.250. The molecule has 20 heavy (non-hydrogen) atoms. The van der Waals surface area contributed by atoms with Crippen LogP contribution in [0.25, 0.3) is 0 Å². The Labute approximate surface area is 126 Å². The van der Waals surface area contributed by atoms with Gasteiger partial charge in [-0.1, -0.05) is 21.1 Å². The number of Topliss-reactive ketones (excluding diaryl/α,β-unsaturated/α-hetero) is 1. The van der Waals surface area contributed by atoms with Crippen LogP contribution in [0.5, 0.6) is 0 Å². The second-order valence-corrected chi connectivity index (χ2v) is 5.76. The number of hydrogen-bond acceptors (Lipinski definition) is 5. The van der Waals surface area contributed by atoms with Crippen molar-refractivity contribution in [2.75, 3.05) is 0 Å². The summed E-state index contributed by atoms with van der Waals surface area (Å²) >= 11 is 4.82. The third kappa shape index (κ3) is 4.38. The monoisotopic (exact) mass is 362 g/mol. The predicted octanol–water partition coefficient (Wildman–Crippen LogP) is 3.50. The standard InChI is InChI=1S/C12H9BrF2N2O2S/c13-7-1-3-8(4-2-7)20-6-10-16-11(19-17-10)5-9(18)12(14)15/h1-4,12H,5-6H2. The molecule has 1 aromatic carbocycles. The SMILES string of the molecule is O=C(Cc1nc(CSc2ccc(Br)cc2)no1)C(F)F. The molecule has 2 aromatic rings. The number of ketones is 1. The fourth-order valence-electron chi connectivity index (χ4n) is 1.33. The minimum Gasteiger partial charge on any atom is -0.339 e.